The maximum absolute atomic E-state index is 8.83. The normalized spacial score (nSPS) is 13.1. The molecule has 0 radical (unpaired) electrons. The van der Waals surface area contributed by atoms with Crippen LogP contribution in [0.3, 0.4) is 0 Å². The van der Waals surface area contributed by atoms with Gasteiger partial charge in [0, 0.05) is 37.1 Å². The Morgan fingerprint density at radius 3 is 2.62 bits per heavy atom. The third-order valence-electron chi connectivity index (χ3n) is 3.20. The number of aromatic nitrogens is 1. The van der Waals surface area contributed by atoms with E-state index in [1.807, 2.05) is 0 Å². The first kappa shape index (κ1) is 13.3. The largest absolute Gasteiger partial charge is 0.396 e. The van der Waals surface area contributed by atoms with Gasteiger partial charge in [0.2, 0.25) is 0 Å². The van der Waals surface area contributed by atoms with Crippen LogP contribution in [0.15, 0.2) is 6.07 Å². The summed E-state index contributed by atoms with van der Waals surface area (Å²) in [6, 6.07) is 2.62. The first-order valence-corrected chi connectivity index (χ1v) is 6.10. The Hall–Kier alpha value is -0.800. The Bertz CT molecular complexity index is 331. The summed E-state index contributed by atoms with van der Waals surface area (Å²) in [5.41, 5.74) is 4.04. The molecule has 0 spiro atoms. The summed E-state index contributed by atoms with van der Waals surface area (Å²) in [6.45, 7) is 10.8. The van der Waals surface area contributed by atoms with Crippen LogP contribution in [-0.2, 0) is 13.1 Å². The first-order chi connectivity index (χ1) is 7.60. The Morgan fingerprint density at radius 1 is 1.44 bits per heavy atom. The molecule has 1 heterocycles. The van der Waals surface area contributed by atoms with Gasteiger partial charge in [-0.3, -0.25) is 0 Å². The van der Waals surface area contributed by atoms with Crippen LogP contribution in [0.2, 0.25) is 0 Å². The zero-order chi connectivity index (χ0) is 12.1. The van der Waals surface area contributed by atoms with E-state index in [2.05, 4.69) is 43.6 Å². The van der Waals surface area contributed by atoms with Gasteiger partial charge < -0.3 is 15.0 Å². The van der Waals surface area contributed by atoms with Gasteiger partial charge in [-0.15, -0.1) is 0 Å². The lowest BCUT2D eigenvalue weighted by molar-refractivity contribution is 0.268. The van der Waals surface area contributed by atoms with E-state index in [1.165, 1.54) is 17.0 Å². The van der Waals surface area contributed by atoms with Crippen molar-refractivity contribution in [1.29, 1.82) is 0 Å². The zero-order valence-corrected chi connectivity index (χ0v) is 10.9. The maximum atomic E-state index is 8.83. The highest BCUT2D eigenvalue weighted by molar-refractivity contribution is 5.26. The smallest absolute Gasteiger partial charge is 0.0445 e. The SMILES string of the molecule is CCn1c(C)cc(CNC(C)CCO)c1C. The van der Waals surface area contributed by atoms with Crippen molar-refractivity contribution in [3.8, 4) is 0 Å². The third-order valence-corrected chi connectivity index (χ3v) is 3.20. The number of nitrogens with one attached hydrogen (secondary N) is 1. The van der Waals surface area contributed by atoms with Crippen LogP contribution in [-0.4, -0.2) is 22.3 Å². The lowest BCUT2D eigenvalue weighted by Gasteiger charge is -2.12. The molecule has 1 atom stereocenters. The molecule has 0 amide bonds. The van der Waals surface area contributed by atoms with Crippen molar-refractivity contribution >= 4 is 0 Å². The van der Waals surface area contributed by atoms with Crippen LogP contribution in [0.1, 0.15) is 37.2 Å². The van der Waals surface area contributed by atoms with Crippen LogP contribution in [0.5, 0.6) is 0 Å². The number of aliphatic hydroxyl groups is 1. The fraction of sp³-hybridized carbons (Fsp3) is 0.692. The molecular formula is C13H24N2O. The molecule has 0 aliphatic carbocycles. The van der Waals surface area contributed by atoms with E-state index >= 15 is 0 Å². The molecule has 0 bridgehead atoms. The molecule has 0 aliphatic rings. The highest BCUT2D eigenvalue weighted by atomic mass is 16.3. The van der Waals surface area contributed by atoms with E-state index in [0.29, 0.717) is 6.04 Å². The number of aliphatic hydroxyl groups excluding tert-OH is 1. The summed E-state index contributed by atoms with van der Waals surface area (Å²) < 4.78 is 2.33. The molecule has 0 saturated heterocycles. The Morgan fingerprint density at radius 2 is 2.12 bits per heavy atom. The average Bonchev–Trinajstić information content (AvgIpc) is 2.51. The third kappa shape index (κ3) is 3.09. The molecular weight excluding hydrogens is 200 g/mol. The van der Waals surface area contributed by atoms with Gasteiger partial charge in [-0.1, -0.05) is 0 Å². The van der Waals surface area contributed by atoms with Crippen LogP contribution in [0, 0.1) is 13.8 Å². The second-order valence-corrected chi connectivity index (χ2v) is 4.43. The molecule has 3 heteroatoms. The van der Waals surface area contributed by atoms with Crippen molar-refractivity contribution in [3.63, 3.8) is 0 Å². The predicted molar refractivity (Wildman–Crippen MR) is 67.6 cm³/mol. The monoisotopic (exact) mass is 224 g/mol. The molecule has 2 N–H and O–H groups in total. The van der Waals surface area contributed by atoms with Gasteiger partial charge in [-0.25, -0.2) is 0 Å². The second kappa shape index (κ2) is 6.06. The van der Waals surface area contributed by atoms with Crippen molar-refractivity contribution in [2.24, 2.45) is 0 Å². The molecule has 0 fully saturated rings. The Kier molecular flexibility index (Phi) is 5.03. The summed E-state index contributed by atoms with van der Waals surface area (Å²) in [7, 11) is 0. The highest BCUT2D eigenvalue weighted by Gasteiger charge is 2.08. The summed E-state index contributed by atoms with van der Waals surface area (Å²) >= 11 is 0. The molecule has 0 saturated carbocycles. The van der Waals surface area contributed by atoms with Crippen LogP contribution in [0.4, 0.5) is 0 Å². The fourth-order valence-electron chi connectivity index (χ4n) is 2.12. The van der Waals surface area contributed by atoms with Crippen LogP contribution >= 0.6 is 0 Å². The Labute approximate surface area is 98.5 Å². The molecule has 92 valence electrons. The maximum Gasteiger partial charge on any atom is 0.0445 e. The molecule has 0 aliphatic heterocycles. The lowest BCUT2D eigenvalue weighted by atomic mass is 10.2. The summed E-state index contributed by atoms with van der Waals surface area (Å²) in [5.74, 6) is 0. The molecule has 0 aromatic carbocycles. The van der Waals surface area contributed by atoms with Crippen LogP contribution < -0.4 is 5.32 Å². The van der Waals surface area contributed by atoms with E-state index in [1.54, 1.807) is 0 Å². The van der Waals surface area contributed by atoms with Gasteiger partial charge in [-0.2, -0.15) is 0 Å². The standard InChI is InChI=1S/C13H24N2O/c1-5-15-11(3)8-13(12(15)4)9-14-10(2)6-7-16/h8,10,14,16H,5-7,9H2,1-4H3. The summed E-state index contributed by atoms with van der Waals surface area (Å²) in [6.07, 6.45) is 0.812. The molecule has 1 aromatic rings. The van der Waals surface area contributed by atoms with Gasteiger partial charge in [0.1, 0.15) is 0 Å². The van der Waals surface area contributed by atoms with Crippen molar-refractivity contribution in [3.05, 3.63) is 23.0 Å². The number of nitrogens with zero attached hydrogens (tertiary/aromatic N) is 1. The van der Waals surface area contributed by atoms with Gasteiger partial charge in [-0.05, 0) is 45.7 Å². The van der Waals surface area contributed by atoms with Crippen LogP contribution in [0.25, 0.3) is 0 Å². The fourth-order valence-corrected chi connectivity index (χ4v) is 2.12. The topological polar surface area (TPSA) is 37.2 Å². The lowest BCUT2D eigenvalue weighted by Crippen LogP contribution is -2.26. The molecule has 1 aromatic heterocycles. The second-order valence-electron chi connectivity index (χ2n) is 4.43. The number of hydrogen-bond donors (Lipinski definition) is 2. The van der Waals surface area contributed by atoms with E-state index in [9.17, 15) is 0 Å². The Balaban J connectivity index is 2.61. The number of aryl methyl sites for hydroxylation is 1. The number of hydrogen-bond acceptors (Lipinski definition) is 2. The first-order valence-electron chi connectivity index (χ1n) is 6.10. The summed E-state index contributed by atoms with van der Waals surface area (Å²) in [4.78, 5) is 0. The molecule has 16 heavy (non-hydrogen) atoms. The van der Waals surface area contributed by atoms with Gasteiger partial charge >= 0.3 is 0 Å². The van der Waals surface area contributed by atoms with Crippen molar-refractivity contribution in [2.45, 2.75) is 53.2 Å². The van der Waals surface area contributed by atoms with Gasteiger partial charge in [0.05, 0.1) is 0 Å². The minimum Gasteiger partial charge on any atom is -0.396 e. The van der Waals surface area contributed by atoms with E-state index in [-0.39, 0.29) is 6.61 Å². The van der Waals surface area contributed by atoms with E-state index in [4.69, 9.17) is 5.11 Å². The minimum atomic E-state index is 0.252. The van der Waals surface area contributed by atoms with Crippen molar-refractivity contribution in [2.75, 3.05) is 6.61 Å². The quantitative estimate of drug-likeness (QED) is 0.775. The highest BCUT2D eigenvalue weighted by Crippen LogP contribution is 2.14. The van der Waals surface area contributed by atoms with Gasteiger partial charge in [0.15, 0.2) is 0 Å². The predicted octanol–water partition coefficient (Wildman–Crippen LogP) is 1.99. The molecule has 3 nitrogen and oxygen atoms in total. The van der Waals surface area contributed by atoms with Crippen molar-refractivity contribution in [1.82, 2.24) is 9.88 Å². The minimum absolute atomic E-state index is 0.252. The average molecular weight is 224 g/mol. The van der Waals surface area contributed by atoms with Crippen molar-refractivity contribution < 1.29 is 5.11 Å². The van der Waals surface area contributed by atoms with E-state index < -0.39 is 0 Å². The van der Waals surface area contributed by atoms with E-state index in [0.717, 1.165) is 19.5 Å². The summed E-state index contributed by atoms with van der Waals surface area (Å²) in [5, 5.41) is 12.3. The molecule has 1 rings (SSSR count). The number of rotatable bonds is 6. The van der Waals surface area contributed by atoms with Gasteiger partial charge in [0.25, 0.3) is 0 Å². The molecule has 1 unspecified atom stereocenters. The zero-order valence-electron chi connectivity index (χ0n) is 10.9.